The third-order valence-electron chi connectivity index (χ3n) is 4.55. The molecule has 0 unspecified atom stereocenters. The summed E-state index contributed by atoms with van der Waals surface area (Å²) in [5, 5.41) is 2.61. The summed E-state index contributed by atoms with van der Waals surface area (Å²) in [4.78, 5) is 40.2. The van der Waals surface area contributed by atoms with Crippen LogP contribution in [0.3, 0.4) is 0 Å². The highest BCUT2D eigenvalue weighted by molar-refractivity contribution is 6.06. The number of hydrogen-bond donors (Lipinski definition) is 1. The van der Waals surface area contributed by atoms with Crippen molar-refractivity contribution in [1.29, 1.82) is 0 Å². The number of nitrogens with zero attached hydrogens (tertiary/aromatic N) is 2. The normalized spacial score (nSPS) is 13.7. The third-order valence-corrected chi connectivity index (χ3v) is 4.55. The van der Waals surface area contributed by atoms with Crippen molar-refractivity contribution >= 4 is 23.6 Å². The molecule has 0 saturated carbocycles. The standard InChI is InChI=1S/C21H22FN3O4/c1-2-29-21(28)25-11-9-24(10-12-25)20(27)16-6-3-5-15(13-16)19(26)23-18-8-4-7-17(22)14-18/h3-8,13-14H,2,9-12H2,1H3,(H,23,26). The lowest BCUT2D eigenvalue weighted by atomic mass is 10.1. The SMILES string of the molecule is CCOC(=O)N1CCN(C(=O)c2cccc(C(=O)Nc3cccc(F)c3)c2)CC1. The van der Waals surface area contributed by atoms with E-state index in [0.717, 1.165) is 0 Å². The van der Waals surface area contributed by atoms with E-state index in [1.807, 2.05) is 0 Å². The lowest BCUT2D eigenvalue weighted by molar-refractivity contribution is 0.0570. The van der Waals surface area contributed by atoms with Crippen molar-refractivity contribution in [3.05, 3.63) is 65.5 Å². The first-order valence-corrected chi connectivity index (χ1v) is 9.36. The summed E-state index contributed by atoms with van der Waals surface area (Å²) in [5.41, 5.74) is 1.01. The fourth-order valence-electron chi connectivity index (χ4n) is 3.05. The molecule has 2 aromatic rings. The van der Waals surface area contributed by atoms with Gasteiger partial charge in [0.15, 0.2) is 0 Å². The number of carbonyl (C=O) groups is 3. The van der Waals surface area contributed by atoms with Gasteiger partial charge in [-0.05, 0) is 43.3 Å². The van der Waals surface area contributed by atoms with Gasteiger partial charge in [0, 0.05) is 43.0 Å². The topological polar surface area (TPSA) is 79.0 Å². The van der Waals surface area contributed by atoms with E-state index in [1.165, 1.54) is 24.3 Å². The molecule has 1 fully saturated rings. The van der Waals surface area contributed by atoms with Crippen molar-refractivity contribution in [3.63, 3.8) is 0 Å². The minimum atomic E-state index is -0.450. The molecule has 3 amide bonds. The number of amides is 3. The van der Waals surface area contributed by atoms with Crippen molar-refractivity contribution in [1.82, 2.24) is 9.80 Å². The van der Waals surface area contributed by atoms with Gasteiger partial charge < -0.3 is 19.9 Å². The predicted octanol–water partition coefficient (Wildman–Crippen LogP) is 2.99. The van der Waals surface area contributed by atoms with Gasteiger partial charge in [-0.25, -0.2) is 9.18 Å². The van der Waals surface area contributed by atoms with E-state index in [-0.39, 0.29) is 12.0 Å². The van der Waals surface area contributed by atoms with E-state index >= 15 is 0 Å². The molecule has 1 aliphatic heterocycles. The molecule has 0 radical (unpaired) electrons. The van der Waals surface area contributed by atoms with Gasteiger partial charge in [-0.2, -0.15) is 0 Å². The summed E-state index contributed by atoms with van der Waals surface area (Å²) in [6, 6.07) is 12.0. The number of nitrogens with one attached hydrogen (secondary N) is 1. The molecular weight excluding hydrogens is 377 g/mol. The summed E-state index contributed by atoms with van der Waals surface area (Å²) >= 11 is 0. The van der Waals surface area contributed by atoms with Crippen LogP contribution in [0.5, 0.6) is 0 Å². The number of rotatable bonds is 4. The van der Waals surface area contributed by atoms with Gasteiger partial charge in [0.25, 0.3) is 11.8 Å². The number of ether oxygens (including phenoxy) is 1. The fourth-order valence-corrected chi connectivity index (χ4v) is 3.05. The Balaban J connectivity index is 1.64. The van der Waals surface area contributed by atoms with E-state index < -0.39 is 11.7 Å². The molecule has 0 bridgehead atoms. The number of piperazine rings is 1. The number of carbonyl (C=O) groups excluding carboxylic acids is 3. The quantitative estimate of drug-likeness (QED) is 0.857. The smallest absolute Gasteiger partial charge is 0.409 e. The van der Waals surface area contributed by atoms with Crippen LogP contribution in [-0.2, 0) is 4.74 Å². The van der Waals surface area contributed by atoms with E-state index in [9.17, 15) is 18.8 Å². The van der Waals surface area contributed by atoms with Crippen LogP contribution < -0.4 is 5.32 Å². The molecule has 1 aliphatic rings. The average Bonchev–Trinajstić information content (AvgIpc) is 2.73. The van der Waals surface area contributed by atoms with Crippen molar-refractivity contribution in [2.75, 3.05) is 38.1 Å². The van der Waals surface area contributed by atoms with Gasteiger partial charge in [0.2, 0.25) is 0 Å². The predicted molar refractivity (Wildman–Crippen MR) is 105 cm³/mol. The monoisotopic (exact) mass is 399 g/mol. The number of halogens is 1. The second kappa shape index (κ2) is 9.18. The van der Waals surface area contributed by atoms with Crippen LogP contribution in [0, 0.1) is 5.82 Å². The minimum absolute atomic E-state index is 0.214. The van der Waals surface area contributed by atoms with Crippen LogP contribution >= 0.6 is 0 Å². The Morgan fingerprint density at radius 2 is 1.62 bits per heavy atom. The van der Waals surface area contributed by atoms with Crippen molar-refractivity contribution in [2.45, 2.75) is 6.92 Å². The van der Waals surface area contributed by atoms with Crippen LogP contribution in [0.2, 0.25) is 0 Å². The first-order valence-electron chi connectivity index (χ1n) is 9.36. The molecule has 1 saturated heterocycles. The highest BCUT2D eigenvalue weighted by atomic mass is 19.1. The average molecular weight is 399 g/mol. The van der Waals surface area contributed by atoms with Gasteiger partial charge in [-0.3, -0.25) is 9.59 Å². The fraction of sp³-hybridized carbons (Fsp3) is 0.286. The first-order chi connectivity index (χ1) is 14.0. The van der Waals surface area contributed by atoms with Crippen molar-refractivity contribution < 1.29 is 23.5 Å². The zero-order valence-corrected chi connectivity index (χ0v) is 16.1. The number of benzene rings is 2. The number of hydrogen-bond acceptors (Lipinski definition) is 4. The Morgan fingerprint density at radius 3 is 2.31 bits per heavy atom. The van der Waals surface area contributed by atoms with E-state index in [1.54, 1.807) is 41.0 Å². The molecule has 8 heteroatoms. The molecule has 1 heterocycles. The summed E-state index contributed by atoms with van der Waals surface area (Å²) in [5.74, 6) is -1.10. The van der Waals surface area contributed by atoms with Gasteiger partial charge >= 0.3 is 6.09 Å². The third kappa shape index (κ3) is 5.10. The van der Waals surface area contributed by atoms with Crippen LogP contribution in [-0.4, -0.2) is 60.5 Å². The van der Waals surface area contributed by atoms with Crippen LogP contribution in [0.4, 0.5) is 14.9 Å². The van der Waals surface area contributed by atoms with E-state index in [0.29, 0.717) is 49.6 Å². The maximum Gasteiger partial charge on any atom is 0.409 e. The Hall–Kier alpha value is -3.42. The lowest BCUT2D eigenvalue weighted by Gasteiger charge is -2.34. The summed E-state index contributed by atoms with van der Waals surface area (Å²) in [6.07, 6.45) is -0.379. The molecule has 29 heavy (non-hydrogen) atoms. The zero-order valence-electron chi connectivity index (χ0n) is 16.1. The van der Waals surface area contributed by atoms with Crippen LogP contribution in [0.25, 0.3) is 0 Å². The van der Waals surface area contributed by atoms with Gasteiger partial charge in [-0.1, -0.05) is 12.1 Å². The van der Waals surface area contributed by atoms with E-state index in [4.69, 9.17) is 4.74 Å². The van der Waals surface area contributed by atoms with Gasteiger partial charge in [-0.15, -0.1) is 0 Å². The molecule has 3 rings (SSSR count). The summed E-state index contributed by atoms with van der Waals surface area (Å²) < 4.78 is 18.3. The highest BCUT2D eigenvalue weighted by Crippen LogP contribution is 2.15. The summed E-state index contributed by atoms with van der Waals surface area (Å²) in [7, 11) is 0. The zero-order chi connectivity index (χ0) is 20.8. The molecule has 0 spiro atoms. The van der Waals surface area contributed by atoms with E-state index in [2.05, 4.69) is 5.32 Å². The molecule has 0 aromatic heterocycles. The molecule has 0 atom stereocenters. The Kier molecular flexibility index (Phi) is 6.43. The number of anilines is 1. The first kappa shape index (κ1) is 20.3. The Bertz CT molecular complexity index is 910. The molecule has 7 nitrogen and oxygen atoms in total. The van der Waals surface area contributed by atoms with Gasteiger partial charge in [0.1, 0.15) is 5.82 Å². The molecule has 152 valence electrons. The Labute approximate surface area is 168 Å². The minimum Gasteiger partial charge on any atom is -0.450 e. The van der Waals surface area contributed by atoms with Crippen LogP contribution in [0.1, 0.15) is 27.6 Å². The molecule has 2 aromatic carbocycles. The molecule has 1 N–H and O–H groups in total. The highest BCUT2D eigenvalue weighted by Gasteiger charge is 2.25. The molecular formula is C21H22FN3O4. The van der Waals surface area contributed by atoms with Crippen molar-refractivity contribution in [3.8, 4) is 0 Å². The second-order valence-electron chi connectivity index (χ2n) is 6.52. The lowest BCUT2D eigenvalue weighted by Crippen LogP contribution is -2.50. The second-order valence-corrected chi connectivity index (χ2v) is 6.52. The largest absolute Gasteiger partial charge is 0.450 e. The maximum absolute atomic E-state index is 13.3. The Morgan fingerprint density at radius 1 is 0.966 bits per heavy atom. The van der Waals surface area contributed by atoms with Gasteiger partial charge in [0.05, 0.1) is 6.61 Å². The van der Waals surface area contributed by atoms with Crippen LogP contribution in [0.15, 0.2) is 48.5 Å². The maximum atomic E-state index is 13.3. The summed E-state index contributed by atoms with van der Waals surface area (Å²) in [6.45, 7) is 3.61. The molecule has 0 aliphatic carbocycles. The van der Waals surface area contributed by atoms with Crippen molar-refractivity contribution in [2.24, 2.45) is 0 Å².